The average molecular weight is 479 g/mol. The minimum atomic E-state index is 0.905. The van der Waals surface area contributed by atoms with Crippen LogP contribution in [0.1, 0.15) is 27.8 Å². The van der Waals surface area contributed by atoms with Gasteiger partial charge in [0.15, 0.2) is 0 Å². The average Bonchev–Trinajstić information content (AvgIpc) is 3.27. The first kappa shape index (κ1) is 22.6. The van der Waals surface area contributed by atoms with Crippen LogP contribution in [-0.2, 0) is 13.0 Å². The number of fused-ring (bicyclic) bond motifs is 3. The molecule has 37 heavy (non-hydrogen) atoms. The summed E-state index contributed by atoms with van der Waals surface area (Å²) in [6.07, 6.45) is 20.6. The van der Waals surface area contributed by atoms with E-state index in [-0.39, 0.29) is 0 Å². The van der Waals surface area contributed by atoms with Crippen molar-refractivity contribution in [2.75, 3.05) is 0 Å². The molecule has 4 heterocycles. The molecule has 0 saturated carbocycles. The van der Waals surface area contributed by atoms with Crippen LogP contribution in [-0.4, -0.2) is 19.5 Å². The van der Waals surface area contributed by atoms with E-state index in [1.807, 2.05) is 61.4 Å². The van der Waals surface area contributed by atoms with E-state index in [9.17, 15) is 0 Å². The number of aromatic nitrogens is 4. The van der Waals surface area contributed by atoms with Crippen LogP contribution in [0.4, 0.5) is 0 Å². The van der Waals surface area contributed by atoms with Gasteiger partial charge in [0.1, 0.15) is 0 Å². The highest BCUT2D eigenvalue weighted by molar-refractivity contribution is 6.09. The molecule has 0 unspecified atom stereocenters. The van der Waals surface area contributed by atoms with Crippen LogP contribution in [0.2, 0.25) is 0 Å². The van der Waals surface area contributed by atoms with Crippen LogP contribution in [0.25, 0.3) is 46.1 Å². The lowest BCUT2D eigenvalue weighted by molar-refractivity contribution is 0.744. The Hall–Kier alpha value is -4.83. The van der Waals surface area contributed by atoms with E-state index in [0.29, 0.717) is 0 Å². The van der Waals surface area contributed by atoms with Crippen molar-refractivity contribution in [3.63, 3.8) is 0 Å². The summed E-state index contributed by atoms with van der Waals surface area (Å²) in [6.45, 7) is 0.905. The summed E-state index contributed by atoms with van der Waals surface area (Å²) in [6, 6.07) is 25.8. The van der Waals surface area contributed by atoms with Gasteiger partial charge in [-0.25, -0.2) is 0 Å². The Bertz CT molecular complexity index is 1590. The first-order valence-electron chi connectivity index (χ1n) is 12.4. The zero-order chi connectivity index (χ0) is 24.9. The van der Waals surface area contributed by atoms with Crippen molar-refractivity contribution in [3.05, 3.63) is 138 Å². The predicted octanol–water partition coefficient (Wildman–Crippen LogP) is 7.56. The fourth-order valence-corrected chi connectivity index (χ4v) is 4.71. The second-order valence-electron chi connectivity index (χ2n) is 9.04. The Labute approximate surface area is 216 Å². The van der Waals surface area contributed by atoms with E-state index in [1.165, 1.54) is 38.5 Å². The van der Waals surface area contributed by atoms with Gasteiger partial charge in [0.25, 0.3) is 0 Å². The van der Waals surface area contributed by atoms with Crippen molar-refractivity contribution in [1.82, 2.24) is 19.5 Å². The van der Waals surface area contributed by atoms with E-state index in [0.717, 1.165) is 24.1 Å². The first-order valence-corrected chi connectivity index (χ1v) is 12.4. The lowest BCUT2D eigenvalue weighted by Crippen LogP contribution is -2.01. The van der Waals surface area contributed by atoms with Crippen LogP contribution in [0.3, 0.4) is 0 Å². The summed E-state index contributed by atoms with van der Waals surface area (Å²) < 4.78 is 2.44. The fourth-order valence-electron chi connectivity index (χ4n) is 4.71. The minimum absolute atomic E-state index is 0.905. The fraction of sp³-hybridized carbons (Fsp3) is 0.0606. The number of nitrogens with zero attached hydrogens (tertiary/aromatic N) is 4. The molecule has 0 aliphatic carbocycles. The Morgan fingerprint density at radius 2 is 0.919 bits per heavy atom. The molecule has 6 aromatic rings. The van der Waals surface area contributed by atoms with Crippen LogP contribution in [0.5, 0.6) is 0 Å². The highest BCUT2D eigenvalue weighted by Gasteiger charge is 2.12. The van der Waals surface area contributed by atoms with Crippen LogP contribution < -0.4 is 0 Å². The van der Waals surface area contributed by atoms with E-state index in [1.54, 1.807) is 0 Å². The summed E-state index contributed by atoms with van der Waals surface area (Å²) in [5.41, 5.74) is 8.42. The molecule has 0 amide bonds. The molecule has 4 heteroatoms. The first-order chi connectivity index (χ1) is 18.3. The lowest BCUT2D eigenvalue weighted by Gasteiger charge is -2.08. The van der Waals surface area contributed by atoms with Gasteiger partial charge >= 0.3 is 0 Å². The number of benzene rings is 2. The standard InChI is InChI=1S/C33H26N4/c1(25-9-16-34-17-10-25)3-28-5-7-32-30(23-28)31-24-29(4-2-26-11-18-35-19-12-26)6-8-33(31)37(32)22-15-27-13-20-36-21-14-27/h1-14,16-21,23-24H,15,22H2/b3-1+,4-2+. The van der Waals surface area contributed by atoms with Gasteiger partial charge in [-0.05, 0) is 94.9 Å². The van der Waals surface area contributed by atoms with Crippen molar-refractivity contribution < 1.29 is 0 Å². The number of rotatable bonds is 7. The van der Waals surface area contributed by atoms with E-state index in [4.69, 9.17) is 0 Å². The molecule has 0 aliphatic heterocycles. The topological polar surface area (TPSA) is 43.6 Å². The van der Waals surface area contributed by atoms with Crippen molar-refractivity contribution in [2.24, 2.45) is 0 Å². The predicted molar refractivity (Wildman–Crippen MR) is 154 cm³/mol. The molecule has 178 valence electrons. The third-order valence-corrected chi connectivity index (χ3v) is 6.64. The van der Waals surface area contributed by atoms with Crippen molar-refractivity contribution in [1.29, 1.82) is 0 Å². The SMILES string of the molecule is C(=C\c1ccc2c(c1)c1cc(/C=C/c3ccncc3)ccc1n2CCc1ccncc1)/c1ccncc1. The van der Waals surface area contributed by atoms with Crippen LogP contribution in [0.15, 0.2) is 110 Å². The molecule has 0 radical (unpaired) electrons. The molecule has 6 rings (SSSR count). The Morgan fingerprint density at radius 3 is 1.41 bits per heavy atom. The van der Waals surface area contributed by atoms with Gasteiger partial charge in [-0.3, -0.25) is 15.0 Å². The second-order valence-corrected chi connectivity index (χ2v) is 9.04. The largest absolute Gasteiger partial charge is 0.340 e. The molecule has 4 nitrogen and oxygen atoms in total. The summed E-state index contributed by atoms with van der Waals surface area (Å²) in [7, 11) is 0. The third-order valence-electron chi connectivity index (χ3n) is 6.64. The maximum absolute atomic E-state index is 4.16. The Kier molecular flexibility index (Phi) is 6.37. The summed E-state index contributed by atoms with van der Waals surface area (Å²) in [5, 5.41) is 2.53. The number of aryl methyl sites for hydroxylation is 2. The second kappa shape index (κ2) is 10.4. The van der Waals surface area contributed by atoms with Gasteiger partial charge < -0.3 is 4.57 Å². The van der Waals surface area contributed by atoms with Gasteiger partial charge in [0.05, 0.1) is 0 Å². The third kappa shape index (κ3) is 5.09. The highest BCUT2D eigenvalue weighted by Crippen LogP contribution is 2.32. The van der Waals surface area contributed by atoms with Crippen molar-refractivity contribution in [3.8, 4) is 0 Å². The Balaban J connectivity index is 1.42. The smallest absolute Gasteiger partial charge is 0.0491 e. The maximum Gasteiger partial charge on any atom is 0.0491 e. The molecular formula is C33H26N4. The van der Waals surface area contributed by atoms with Gasteiger partial charge in [0, 0.05) is 65.5 Å². The molecule has 0 fully saturated rings. The van der Waals surface area contributed by atoms with E-state index >= 15 is 0 Å². The summed E-state index contributed by atoms with van der Waals surface area (Å²) in [4.78, 5) is 12.4. The highest BCUT2D eigenvalue weighted by atomic mass is 15.0. The van der Waals surface area contributed by atoms with E-state index < -0.39 is 0 Å². The van der Waals surface area contributed by atoms with E-state index in [2.05, 4.69) is 92.4 Å². The molecule has 0 aliphatic rings. The molecule has 0 bridgehead atoms. The molecule has 0 saturated heterocycles. The monoisotopic (exact) mass is 478 g/mol. The van der Waals surface area contributed by atoms with Gasteiger partial charge in [-0.1, -0.05) is 36.4 Å². The molecule has 0 N–H and O–H groups in total. The normalized spacial score (nSPS) is 11.8. The quantitative estimate of drug-likeness (QED) is 0.238. The minimum Gasteiger partial charge on any atom is -0.340 e. The van der Waals surface area contributed by atoms with Gasteiger partial charge in [-0.2, -0.15) is 0 Å². The summed E-state index contributed by atoms with van der Waals surface area (Å²) in [5.74, 6) is 0. The number of pyridine rings is 3. The van der Waals surface area contributed by atoms with Crippen molar-refractivity contribution >= 4 is 46.1 Å². The maximum atomic E-state index is 4.16. The molecule has 0 atom stereocenters. The van der Waals surface area contributed by atoms with Crippen LogP contribution in [0, 0.1) is 0 Å². The van der Waals surface area contributed by atoms with Crippen molar-refractivity contribution in [2.45, 2.75) is 13.0 Å². The number of hydrogen-bond donors (Lipinski definition) is 0. The molecular weight excluding hydrogens is 452 g/mol. The van der Waals surface area contributed by atoms with Gasteiger partial charge in [0.2, 0.25) is 0 Å². The zero-order valence-electron chi connectivity index (χ0n) is 20.4. The molecule has 4 aromatic heterocycles. The Morgan fingerprint density at radius 1 is 0.486 bits per heavy atom. The molecule has 2 aromatic carbocycles. The number of hydrogen-bond acceptors (Lipinski definition) is 3. The molecule has 0 spiro atoms. The summed E-state index contributed by atoms with van der Waals surface area (Å²) >= 11 is 0. The van der Waals surface area contributed by atoms with Gasteiger partial charge in [-0.15, -0.1) is 0 Å². The van der Waals surface area contributed by atoms with Crippen LogP contribution >= 0.6 is 0 Å². The zero-order valence-corrected chi connectivity index (χ0v) is 20.4. The lowest BCUT2D eigenvalue weighted by atomic mass is 10.1.